The molecular formula is C17H14Cl2N2. The van der Waals surface area contributed by atoms with E-state index in [2.05, 4.69) is 28.5 Å². The van der Waals surface area contributed by atoms with Crippen LogP contribution in [0.15, 0.2) is 48.8 Å². The fourth-order valence-corrected chi connectivity index (χ4v) is 4.02. The third-order valence-corrected chi connectivity index (χ3v) is 5.10. The molecule has 1 aromatic carbocycles. The Labute approximate surface area is 133 Å². The summed E-state index contributed by atoms with van der Waals surface area (Å²) in [5.74, 6) is 0.773. The number of benzene rings is 1. The van der Waals surface area contributed by atoms with E-state index < -0.39 is 0 Å². The van der Waals surface area contributed by atoms with Gasteiger partial charge in [-0.3, -0.25) is 4.98 Å². The Morgan fingerprint density at radius 2 is 2.00 bits per heavy atom. The van der Waals surface area contributed by atoms with Gasteiger partial charge in [0.15, 0.2) is 0 Å². The van der Waals surface area contributed by atoms with Gasteiger partial charge in [-0.2, -0.15) is 0 Å². The predicted octanol–water partition coefficient (Wildman–Crippen LogP) is 5.21. The predicted molar refractivity (Wildman–Crippen MR) is 87.1 cm³/mol. The molecule has 21 heavy (non-hydrogen) atoms. The van der Waals surface area contributed by atoms with Crippen molar-refractivity contribution >= 4 is 28.9 Å². The van der Waals surface area contributed by atoms with Crippen molar-refractivity contribution in [1.82, 2.24) is 4.98 Å². The van der Waals surface area contributed by atoms with Crippen LogP contribution in [0.2, 0.25) is 10.0 Å². The fraction of sp³-hybridized carbons (Fsp3) is 0.235. The third-order valence-electron chi connectivity index (χ3n) is 4.46. The molecule has 2 aromatic rings. The molecule has 4 heteroatoms. The molecule has 0 radical (unpaired) electrons. The maximum Gasteiger partial charge on any atom is 0.0641 e. The Bertz CT molecular complexity index is 712. The minimum absolute atomic E-state index is 0.210. The van der Waals surface area contributed by atoms with Gasteiger partial charge >= 0.3 is 0 Å². The number of hydrogen-bond acceptors (Lipinski definition) is 2. The summed E-state index contributed by atoms with van der Waals surface area (Å²) in [5.41, 5.74) is 3.28. The van der Waals surface area contributed by atoms with Crippen LogP contribution in [0.3, 0.4) is 0 Å². The molecule has 0 saturated heterocycles. The van der Waals surface area contributed by atoms with Crippen LogP contribution in [0.4, 0.5) is 5.69 Å². The van der Waals surface area contributed by atoms with Crippen molar-refractivity contribution in [2.75, 3.05) is 5.32 Å². The number of rotatable bonds is 1. The normalized spacial score (nSPS) is 26.1. The zero-order valence-corrected chi connectivity index (χ0v) is 12.8. The van der Waals surface area contributed by atoms with Gasteiger partial charge in [0.1, 0.15) is 0 Å². The van der Waals surface area contributed by atoms with Gasteiger partial charge in [0.2, 0.25) is 0 Å². The van der Waals surface area contributed by atoms with Crippen LogP contribution in [0.1, 0.15) is 29.5 Å². The van der Waals surface area contributed by atoms with Gasteiger partial charge in [-0.25, -0.2) is 0 Å². The lowest BCUT2D eigenvalue weighted by Gasteiger charge is -2.38. The summed E-state index contributed by atoms with van der Waals surface area (Å²) in [6.07, 6.45) is 9.27. The van der Waals surface area contributed by atoms with Crippen molar-refractivity contribution in [3.05, 3.63) is 70.0 Å². The summed E-state index contributed by atoms with van der Waals surface area (Å²) in [6.45, 7) is 0. The average Bonchev–Trinajstić information content (AvgIpc) is 3.00. The quantitative estimate of drug-likeness (QED) is 0.730. The maximum absolute atomic E-state index is 6.43. The molecule has 0 unspecified atom stereocenters. The number of anilines is 1. The first kappa shape index (κ1) is 13.2. The monoisotopic (exact) mass is 316 g/mol. The second kappa shape index (κ2) is 5.04. The molecule has 2 heterocycles. The standard InChI is InChI=1S/C17H14Cl2N2/c18-13-6-7-14(19)17-15(13)11-4-1-5-12(11)16(21-17)10-3-2-8-20-9-10/h1-4,6-9,11-12,16,21H,5H2/t11-,12+,16-/m1/s1. The maximum atomic E-state index is 6.43. The molecule has 106 valence electrons. The molecule has 1 aromatic heterocycles. The van der Waals surface area contributed by atoms with Crippen LogP contribution < -0.4 is 5.32 Å². The third kappa shape index (κ3) is 2.05. The van der Waals surface area contributed by atoms with E-state index in [-0.39, 0.29) is 6.04 Å². The topological polar surface area (TPSA) is 24.9 Å². The van der Waals surface area contributed by atoms with E-state index in [0.717, 1.165) is 27.7 Å². The highest BCUT2D eigenvalue weighted by atomic mass is 35.5. The average molecular weight is 317 g/mol. The number of fused-ring (bicyclic) bond motifs is 3. The van der Waals surface area contributed by atoms with Gasteiger partial charge in [0.25, 0.3) is 0 Å². The van der Waals surface area contributed by atoms with Crippen LogP contribution >= 0.6 is 23.2 Å². The first-order valence-corrected chi connectivity index (χ1v) is 7.82. The fourth-order valence-electron chi connectivity index (χ4n) is 3.52. The zero-order valence-electron chi connectivity index (χ0n) is 11.3. The summed E-state index contributed by atoms with van der Waals surface area (Å²) in [6, 6.07) is 8.04. The van der Waals surface area contributed by atoms with Crippen LogP contribution in [-0.4, -0.2) is 4.98 Å². The van der Waals surface area contributed by atoms with Gasteiger partial charge in [-0.15, -0.1) is 0 Å². The largest absolute Gasteiger partial charge is 0.376 e. The van der Waals surface area contributed by atoms with E-state index in [4.69, 9.17) is 23.2 Å². The molecule has 0 amide bonds. The van der Waals surface area contributed by atoms with Crippen LogP contribution in [-0.2, 0) is 0 Å². The lowest BCUT2D eigenvalue weighted by atomic mass is 9.77. The van der Waals surface area contributed by atoms with Gasteiger partial charge < -0.3 is 5.32 Å². The number of pyridine rings is 1. The Morgan fingerprint density at radius 1 is 1.14 bits per heavy atom. The van der Waals surface area contributed by atoms with Crippen molar-refractivity contribution < 1.29 is 0 Å². The van der Waals surface area contributed by atoms with E-state index in [1.807, 2.05) is 24.4 Å². The number of nitrogens with zero attached hydrogens (tertiary/aromatic N) is 1. The first-order valence-electron chi connectivity index (χ1n) is 7.06. The molecule has 2 aliphatic rings. The van der Waals surface area contributed by atoms with E-state index in [9.17, 15) is 0 Å². The van der Waals surface area contributed by atoms with Crippen LogP contribution in [0.5, 0.6) is 0 Å². The number of allylic oxidation sites excluding steroid dienone is 2. The summed E-state index contributed by atoms with van der Waals surface area (Å²) in [5, 5.41) is 5.11. The minimum Gasteiger partial charge on any atom is -0.376 e. The first-order chi connectivity index (χ1) is 10.3. The van der Waals surface area contributed by atoms with Crippen molar-refractivity contribution in [3.8, 4) is 0 Å². The SMILES string of the molecule is Clc1ccc(Cl)c2c1N[C@H](c1cccnc1)[C@H]1CC=C[C@@H]21. The molecular weight excluding hydrogens is 303 g/mol. The highest BCUT2D eigenvalue weighted by Gasteiger charge is 2.39. The van der Waals surface area contributed by atoms with Crippen LogP contribution in [0.25, 0.3) is 0 Å². The summed E-state index contributed by atoms with van der Waals surface area (Å²) in [7, 11) is 0. The van der Waals surface area contributed by atoms with Gasteiger partial charge in [-0.1, -0.05) is 41.4 Å². The Morgan fingerprint density at radius 3 is 2.81 bits per heavy atom. The zero-order chi connectivity index (χ0) is 14.4. The highest BCUT2D eigenvalue weighted by Crippen LogP contribution is 2.53. The van der Waals surface area contributed by atoms with Crippen molar-refractivity contribution in [1.29, 1.82) is 0 Å². The Hall–Kier alpha value is -1.51. The summed E-state index contributed by atoms with van der Waals surface area (Å²) >= 11 is 12.8. The van der Waals surface area contributed by atoms with E-state index >= 15 is 0 Å². The van der Waals surface area contributed by atoms with E-state index in [1.54, 1.807) is 6.20 Å². The van der Waals surface area contributed by atoms with Gasteiger partial charge in [-0.05, 0) is 36.1 Å². The minimum atomic E-state index is 0.210. The Balaban J connectivity index is 1.86. The molecule has 0 spiro atoms. The molecule has 0 saturated carbocycles. The molecule has 1 aliphatic carbocycles. The second-order valence-electron chi connectivity index (χ2n) is 5.58. The van der Waals surface area contributed by atoms with Gasteiger partial charge in [0.05, 0.1) is 16.8 Å². The molecule has 2 nitrogen and oxygen atoms in total. The highest BCUT2D eigenvalue weighted by molar-refractivity contribution is 6.36. The lowest BCUT2D eigenvalue weighted by Crippen LogP contribution is -2.29. The van der Waals surface area contributed by atoms with E-state index in [1.165, 1.54) is 5.56 Å². The Kier molecular flexibility index (Phi) is 3.16. The smallest absolute Gasteiger partial charge is 0.0641 e. The molecule has 1 aliphatic heterocycles. The van der Waals surface area contributed by atoms with Crippen molar-refractivity contribution in [2.45, 2.75) is 18.4 Å². The molecule has 0 bridgehead atoms. The number of aromatic nitrogens is 1. The molecule has 1 N–H and O–H groups in total. The number of halogens is 2. The molecule has 4 rings (SSSR count). The van der Waals surface area contributed by atoms with E-state index in [0.29, 0.717) is 11.8 Å². The second-order valence-corrected chi connectivity index (χ2v) is 6.39. The van der Waals surface area contributed by atoms with Crippen molar-refractivity contribution in [3.63, 3.8) is 0 Å². The van der Waals surface area contributed by atoms with Crippen molar-refractivity contribution in [2.24, 2.45) is 5.92 Å². The number of nitrogens with one attached hydrogen (secondary N) is 1. The number of hydrogen-bond donors (Lipinski definition) is 1. The lowest BCUT2D eigenvalue weighted by molar-refractivity contribution is 0.425. The molecule has 0 fully saturated rings. The summed E-state index contributed by atoms with van der Waals surface area (Å²) in [4.78, 5) is 4.25. The summed E-state index contributed by atoms with van der Waals surface area (Å²) < 4.78 is 0. The molecule has 3 atom stereocenters. The van der Waals surface area contributed by atoms with Crippen LogP contribution in [0, 0.1) is 5.92 Å². The van der Waals surface area contributed by atoms with Gasteiger partial charge in [0, 0.05) is 28.9 Å².